The summed E-state index contributed by atoms with van der Waals surface area (Å²) >= 11 is 1.76. The number of H-pyrrole nitrogens is 1. The molecule has 94 valence electrons. The van der Waals surface area contributed by atoms with Crippen LogP contribution in [0.15, 0.2) is 16.8 Å². The number of nitrogens with zero attached hydrogens (tertiary/aromatic N) is 3. The monoisotopic (exact) mass is 262 g/mol. The number of thioether (sulfide) groups is 1. The molecule has 0 fully saturated rings. The Morgan fingerprint density at radius 2 is 2.28 bits per heavy atom. The van der Waals surface area contributed by atoms with Gasteiger partial charge in [0.05, 0.1) is 11.3 Å². The molecular formula is C12H14N4OS. The zero-order valence-corrected chi connectivity index (χ0v) is 11.3. The van der Waals surface area contributed by atoms with Gasteiger partial charge in [-0.1, -0.05) is 25.9 Å². The van der Waals surface area contributed by atoms with E-state index in [9.17, 15) is 0 Å². The zero-order chi connectivity index (χ0) is 13.2. The van der Waals surface area contributed by atoms with Gasteiger partial charge in [0, 0.05) is 10.9 Å². The van der Waals surface area contributed by atoms with Gasteiger partial charge < -0.3 is 9.51 Å². The third-order valence-corrected chi connectivity index (χ3v) is 3.42. The summed E-state index contributed by atoms with van der Waals surface area (Å²) < 4.78 is 5.34. The lowest BCUT2D eigenvalue weighted by atomic mass is 10.3. The first-order chi connectivity index (χ1) is 8.48. The fourth-order valence-electron chi connectivity index (χ4n) is 1.29. The van der Waals surface area contributed by atoms with Crippen molar-refractivity contribution in [2.24, 2.45) is 0 Å². The Balaban J connectivity index is 2.09. The lowest BCUT2D eigenvalue weighted by molar-refractivity contribution is 0.425. The van der Waals surface area contributed by atoms with E-state index in [4.69, 9.17) is 9.78 Å². The van der Waals surface area contributed by atoms with Crippen molar-refractivity contribution in [3.8, 4) is 17.5 Å². The van der Waals surface area contributed by atoms with Gasteiger partial charge in [-0.15, -0.1) is 11.8 Å². The molecule has 0 unspecified atom stereocenters. The standard InChI is InChI=1S/C12H14N4OS/c1-12(2,3)18-7-10-15-11(17-16-10)8-4-9(5-13)14-6-8/h4,6,14H,7H2,1-3H3. The van der Waals surface area contributed by atoms with Crippen LogP contribution in [0.2, 0.25) is 0 Å². The Morgan fingerprint density at radius 1 is 1.50 bits per heavy atom. The van der Waals surface area contributed by atoms with Crippen LogP contribution < -0.4 is 0 Å². The SMILES string of the molecule is CC(C)(C)SCc1noc(-c2c[nH]c(C#N)c2)n1. The summed E-state index contributed by atoms with van der Waals surface area (Å²) in [7, 11) is 0. The maximum atomic E-state index is 8.73. The molecule has 2 aromatic rings. The largest absolute Gasteiger partial charge is 0.352 e. The maximum Gasteiger partial charge on any atom is 0.259 e. The summed E-state index contributed by atoms with van der Waals surface area (Å²) in [6.45, 7) is 6.43. The summed E-state index contributed by atoms with van der Waals surface area (Å²) in [6, 6.07) is 3.71. The molecule has 0 amide bonds. The highest BCUT2D eigenvalue weighted by Gasteiger charge is 2.15. The van der Waals surface area contributed by atoms with Gasteiger partial charge >= 0.3 is 0 Å². The van der Waals surface area contributed by atoms with E-state index in [-0.39, 0.29) is 4.75 Å². The van der Waals surface area contributed by atoms with Crippen LogP contribution in [0.1, 0.15) is 32.3 Å². The van der Waals surface area contributed by atoms with E-state index < -0.39 is 0 Å². The smallest absolute Gasteiger partial charge is 0.259 e. The number of rotatable bonds is 3. The Bertz CT molecular complexity index is 573. The minimum absolute atomic E-state index is 0.169. The van der Waals surface area contributed by atoms with Crippen LogP contribution in [0.3, 0.4) is 0 Å². The van der Waals surface area contributed by atoms with Crippen molar-refractivity contribution in [3.05, 3.63) is 23.8 Å². The molecule has 18 heavy (non-hydrogen) atoms. The first-order valence-corrected chi connectivity index (χ1v) is 6.52. The molecule has 0 aliphatic rings. The molecule has 2 rings (SSSR count). The van der Waals surface area contributed by atoms with E-state index in [0.717, 1.165) is 5.56 Å². The van der Waals surface area contributed by atoms with E-state index in [0.29, 0.717) is 23.2 Å². The molecule has 0 radical (unpaired) electrons. The minimum atomic E-state index is 0.169. The molecule has 5 nitrogen and oxygen atoms in total. The third-order valence-electron chi connectivity index (χ3n) is 2.15. The summed E-state index contributed by atoms with van der Waals surface area (Å²) in [5, 5.41) is 12.7. The summed E-state index contributed by atoms with van der Waals surface area (Å²) in [6.07, 6.45) is 1.69. The highest BCUT2D eigenvalue weighted by atomic mass is 32.2. The average molecular weight is 262 g/mol. The average Bonchev–Trinajstić information content (AvgIpc) is 2.94. The van der Waals surface area contributed by atoms with Crippen molar-refractivity contribution in [1.82, 2.24) is 15.1 Å². The number of nitrogens with one attached hydrogen (secondary N) is 1. The highest BCUT2D eigenvalue weighted by Crippen LogP contribution is 2.27. The summed E-state index contributed by atoms with van der Waals surface area (Å²) in [5.74, 6) is 1.82. The third kappa shape index (κ3) is 3.14. The van der Waals surface area contributed by atoms with Crippen molar-refractivity contribution in [1.29, 1.82) is 5.26 Å². The van der Waals surface area contributed by atoms with Crippen molar-refractivity contribution >= 4 is 11.8 Å². The molecule has 0 atom stereocenters. The van der Waals surface area contributed by atoms with Crippen LogP contribution in [0.5, 0.6) is 0 Å². The van der Waals surface area contributed by atoms with Gasteiger partial charge in [0.25, 0.3) is 5.89 Å². The van der Waals surface area contributed by atoms with Crippen LogP contribution in [0.4, 0.5) is 0 Å². The van der Waals surface area contributed by atoms with Crippen molar-refractivity contribution in [2.75, 3.05) is 0 Å². The van der Waals surface area contributed by atoms with Gasteiger partial charge in [0.2, 0.25) is 0 Å². The minimum Gasteiger partial charge on any atom is -0.352 e. The summed E-state index contributed by atoms with van der Waals surface area (Å²) in [4.78, 5) is 7.13. The lowest BCUT2D eigenvalue weighted by Crippen LogP contribution is -2.07. The van der Waals surface area contributed by atoms with E-state index in [2.05, 4.69) is 35.9 Å². The van der Waals surface area contributed by atoms with Crippen LogP contribution >= 0.6 is 11.8 Å². The molecule has 0 saturated heterocycles. The van der Waals surface area contributed by atoms with Crippen LogP contribution in [-0.4, -0.2) is 19.9 Å². The lowest BCUT2D eigenvalue weighted by Gasteiger charge is -2.15. The first kappa shape index (κ1) is 12.7. The van der Waals surface area contributed by atoms with E-state index in [1.54, 1.807) is 24.0 Å². The number of aromatic amines is 1. The van der Waals surface area contributed by atoms with Gasteiger partial charge in [-0.3, -0.25) is 0 Å². The summed E-state index contributed by atoms with van der Waals surface area (Å²) in [5.41, 5.74) is 1.22. The quantitative estimate of drug-likeness (QED) is 0.920. The first-order valence-electron chi connectivity index (χ1n) is 5.53. The number of hydrogen-bond acceptors (Lipinski definition) is 5. The van der Waals surface area contributed by atoms with Crippen LogP contribution in [0.25, 0.3) is 11.5 Å². The fourth-order valence-corrected chi connectivity index (χ4v) is 1.97. The molecule has 0 saturated carbocycles. The van der Waals surface area contributed by atoms with Crippen molar-refractivity contribution < 1.29 is 4.52 Å². The van der Waals surface area contributed by atoms with Gasteiger partial charge in [-0.25, -0.2) is 0 Å². The molecule has 0 bridgehead atoms. The molecule has 2 aromatic heterocycles. The van der Waals surface area contributed by atoms with Crippen molar-refractivity contribution in [3.63, 3.8) is 0 Å². The van der Waals surface area contributed by atoms with E-state index in [1.165, 1.54) is 0 Å². The molecule has 2 heterocycles. The van der Waals surface area contributed by atoms with Crippen LogP contribution in [0, 0.1) is 11.3 Å². The van der Waals surface area contributed by atoms with Crippen molar-refractivity contribution in [2.45, 2.75) is 31.3 Å². The van der Waals surface area contributed by atoms with Gasteiger partial charge in [-0.2, -0.15) is 10.2 Å². The Kier molecular flexibility index (Phi) is 3.43. The predicted molar refractivity (Wildman–Crippen MR) is 69.8 cm³/mol. The molecule has 1 N–H and O–H groups in total. The van der Waals surface area contributed by atoms with Gasteiger partial charge in [0.1, 0.15) is 11.8 Å². The number of nitriles is 1. The van der Waals surface area contributed by atoms with E-state index >= 15 is 0 Å². The number of aromatic nitrogens is 3. The molecule has 0 aliphatic carbocycles. The molecule has 0 aromatic carbocycles. The highest BCUT2D eigenvalue weighted by molar-refractivity contribution is 7.99. The molecule has 0 aliphatic heterocycles. The second kappa shape index (κ2) is 4.86. The second-order valence-corrected chi connectivity index (χ2v) is 6.63. The fraction of sp³-hybridized carbons (Fsp3) is 0.417. The number of hydrogen-bond donors (Lipinski definition) is 1. The Morgan fingerprint density at radius 3 is 2.89 bits per heavy atom. The molecule has 6 heteroatoms. The molecule has 0 spiro atoms. The topological polar surface area (TPSA) is 78.5 Å². The Hall–Kier alpha value is -1.74. The van der Waals surface area contributed by atoms with Crippen LogP contribution in [-0.2, 0) is 5.75 Å². The normalized spacial score (nSPS) is 11.4. The maximum absolute atomic E-state index is 8.73. The van der Waals surface area contributed by atoms with Gasteiger partial charge in [-0.05, 0) is 6.07 Å². The Labute approximate surface area is 110 Å². The van der Waals surface area contributed by atoms with E-state index in [1.807, 2.05) is 6.07 Å². The van der Waals surface area contributed by atoms with Gasteiger partial charge in [0.15, 0.2) is 5.82 Å². The predicted octanol–water partition coefficient (Wildman–Crippen LogP) is 2.97. The zero-order valence-electron chi connectivity index (χ0n) is 10.5. The second-order valence-electron chi connectivity index (χ2n) is 4.83. The molecular weight excluding hydrogens is 248 g/mol.